The Hall–Kier alpha value is -0.910. The third-order valence-corrected chi connectivity index (χ3v) is 1.75. The lowest BCUT2D eigenvalue weighted by molar-refractivity contribution is -0.107. The maximum Gasteiger partial charge on any atom is 0.435 e. The second-order valence-corrected chi connectivity index (χ2v) is 3.27. The molecule has 1 aliphatic rings. The number of aldehydes is 1. The number of carbonyl (C=O) groups excluding carboxylic acids is 1. The van der Waals surface area contributed by atoms with E-state index in [1.165, 1.54) is 6.92 Å². The summed E-state index contributed by atoms with van der Waals surface area (Å²) in [5.74, 6) is 0. The van der Waals surface area contributed by atoms with Gasteiger partial charge in [0.25, 0.3) is 0 Å². The first-order valence-electron chi connectivity index (χ1n) is 3.18. The summed E-state index contributed by atoms with van der Waals surface area (Å²) in [5, 5.41) is 5.96. The maximum atomic E-state index is 12.1. The Bertz CT molecular complexity index is 305. The van der Waals surface area contributed by atoms with Crippen LogP contribution in [0.4, 0.5) is 13.2 Å². The quantitative estimate of drug-likeness (QED) is 0.374. The molecule has 1 rings (SSSR count). The minimum atomic E-state index is -4.69. The van der Waals surface area contributed by atoms with Crippen molar-refractivity contribution >= 4 is 17.9 Å². The molecule has 72 valence electrons. The van der Waals surface area contributed by atoms with Gasteiger partial charge in [-0.2, -0.15) is 18.3 Å². The molecule has 3 nitrogen and oxygen atoms in total. The molecular weight excluding hydrogens is 209 g/mol. The second-order valence-electron chi connectivity index (χ2n) is 2.53. The van der Waals surface area contributed by atoms with Gasteiger partial charge >= 0.3 is 6.18 Å². The minimum absolute atomic E-state index is 0.0236. The number of carbonyl (C=O) groups is 1. The maximum absolute atomic E-state index is 12.1. The normalized spacial score (nSPS) is 28.4. The van der Waals surface area contributed by atoms with Crippen LogP contribution < -0.4 is 0 Å². The van der Waals surface area contributed by atoms with Crippen LogP contribution in [0.25, 0.3) is 0 Å². The number of hydrogen-bond acceptors (Lipinski definition) is 3. The first-order valence-corrected chi connectivity index (χ1v) is 3.56. The molecule has 0 aromatic heterocycles. The zero-order valence-electron chi connectivity index (χ0n) is 6.39. The van der Waals surface area contributed by atoms with Crippen molar-refractivity contribution in [2.75, 3.05) is 0 Å². The summed E-state index contributed by atoms with van der Waals surface area (Å²) >= 11 is 5.48. The van der Waals surface area contributed by atoms with Crippen LogP contribution >= 0.6 is 11.6 Å². The predicted molar refractivity (Wildman–Crippen MR) is 38.3 cm³/mol. The van der Waals surface area contributed by atoms with Gasteiger partial charge in [-0.3, -0.25) is 4.79 Å². The van der Waals surface area contributed by atoms with Gasteiger partial charge in [-0.1, -0.05) is 11.6 Å². The number of allylic oxidation sites excluding steroid dienone is 1. The SMILES string of the molecule is CC1(Cl)N=NC(C(F)(F)F)=C1C=O. The summed E-state index contributed by atoms with van der Waals surface area (Å²) in [6, 6.07) is 0. The smallest absolute Gasteiger partial charge is 0.298 e. The third kappa shape index (κ3) is 1.72. The summed E-state index contributed by atoms with van der Waals surface area (Å²) in [5.41, 5.74) is -1.97. The molecule has 0 spiro atoms. The van der Waals surface area contributed by atoms with Gasteiger partial charge in [0.2, 0.25) is 0 Å². The minimum Gasteiger partial charge on any atom is -0.298 e. The highest BCUT2D eigenvalue weighted by atomic mass is 35.5. The van der Waals surface area contributed by atoms with Gasteiger partial charge in [-0.25, -0.2) is 0 Å². The van der Waals surface area contributed by atoms with Crippen LogP contribution in [0, 0.1) is 0 Å². The molecule has 0 fully saturated rings. The molecule has 0 bridgehead atoms. The predicted octanol–water partition coefficient (Wildman–Crippen LogP) is 2.42. The van der Waals surface area contributed by atoms with Gasteiger partial charge in [0.1, 0.15) is 0 Å². The number of rotatable bonds is 1. The fourth-order valence-corrected chi connectivity index (χ4v) is 1.01. The first kappa shape index (κ1) is 10.2. The third-order valence-electron chi connectivity index (χ3n) is 1.47. The summed E-state index contributed by atoms with van der Waals surface area (Å²) in [6.45, 7) is 1.17. The van der Waals surface area contributed by atoms with E-state index in [4.69, 9.17) is 11.6 Å². The van der Waals surface area contributed by atoms with E-state index in [-0.39, 0.29) is 6.29 Å². The van der Waals surface area contributed by atoms with E-state index in [1.807, 2.05) is 0 Å². The van der Waals surface area contributed by atoms with Crippen molar-refractivity contribution in [3.05, 3.63) is 11.3 Å². The molecular formula is C6H4ClF3N2O. The van der Waals surface area contributed by atoms with Crippen LogP contribution in [0.5, 0.6) is 0 Å². The van der Waals surface area contributed by atoms with Crippen LogP contribution in [0.1, 0.15) is 6.92 Å². The Morgan fingerprint density at radius 1 is 1.54 bits per heavy atom. The van der Waals surface area contributed by atoms with Gasteiger partial charge < -0.3 is 0 Å². The average Bonchev–Trinajstić information content (AvgIpc) is 2.23. The molecule has 0 aromatic rings. The van der Waals surface area contributed by atoms with Gasteiger partial charge in [-0.15, -0.1) is 5.11 Å². The number of halogens is 4. The summed E-state index contributed by atoms with van der Waals surface area (Å²) < 4.78 is 36.3. The number of azo groups is 1. The lowest BCUT2D eigenvalue weighted by Crippen LogP contribution is -2.19. The van der Waals surface area contributed by atoms with Gasteiger partial charge in [-0.05, 0) is 6.92 Å². The second kappa shape index (κ2) is 2.80. The van der Waals surface area contributed by atoms with Crippen molar-refractivity contribution in [3.63, 3.8) is 0 Å². The van der Waals surface area contributed by atoms with E-state index in [9.17, 15) is 18.0 Å². The molecule has 0 N–H and O–H groups in total. The van der Waals surface area contributed by atoms with Crippen LogP contribution in [0.3, 0.4) is 0 Å². The molecule has 0 radical (unpaired) electrons. The van der Waals surface area contributed by atoms with E-state index in [1.54, 1.807) is 0 Å². The molecule has 0 aliphatic carbocycles. The standard InChI is InChI=1S/C6H4ClF3N2O/c1-5(7)3(2-13)4(11-12-5)6(8,9)10/h2H,1H3. The summed E-state index contributed by atoms with van der Waals surface area (Å²) in [6.07, 6.45) is -4.66. The summed E-state index contributed by atoms with van der Waals surface area (Å²) in [4.78, 5) is 8.63. The van der Waals surface area contributed by atoms with Gasteiger partial charge in [0.05, 0.1) is 5.57 Å². The highest BCUT2D eigenvalue weighted by Gasteiger charge is 2.46. The van der Waals surface area contributed by atoms with Crippen molar-refractivity contribution in [2.45, 2.75) is 18.1 Å². The van der Waals surface area contributed by atoms with E-state index < -0.39 is 22.4 Å². The summed E-state index contributed by atoms with van der Waals surface area (Å²) in [7, 11) is 0. The van der Waals surface area contributed by atoms with Crippen molar-refractivity contribution in [2.24, 2.45) is 10.2 Å². The van der Waals surface area contributed by atoms with Crippen molar-refractivity contribution < 1.29 is 18.0 Å². The Morgan fingerprint density at radius 3 is 2.38 bits per heavy atom. The Kier molecular flexibility index (Phi) is 2.19. The van der Waals surface area contributed by atoms with Crippen LogP contribution in [0.15, 0.2) is 21.5 Å². The highest BCUT2D eigenvalue weighted by molar-refractivity contribution is 6.27. The fourth-order valence-electron chi connectivity index (χ4n) is 0.840. The van der Waals surface area contributed by atoms with E-state index >= 15 is 0 Å². The van der Waals surface area contributed by atoms with Gasteiger partial charge in [0, 0.05) is 0 Å². The molecule has 1 heterocycles. The Morgan fingerprint density at radius 2 is 2.08 bits per heavy atom. The fraction of sp³-hybridized carbons (Fsp3) is 0.500. The molecule has 0 aromatic carbocycles. The molecule has 0 saturated carbocycles. The van der Waals surface area contributed by atoms with Crippen LogP contribution in [-0.2, 0) is 4.79 Å². The van der Waals surface area contributed by atoms with Crippen molar-refractivity contribution in [3.8, 4) is 0 Å². The lowest BCUT2D eigenvalue weighted by atomic mass is 10.1. The molecule has 1 atom stereocenters. The Labute approximate surface area is 76.3 Å². The number of nitrogens with zero attached hydrogens (tertiary/aromatic N) is 2. The number of hydrogen-bond donors (Lipinski definition) is 0. The Balaban J connectivity index is 3.23. The topological polar surface area (TPSA) is 41.8 Å². The van der Waals surface area contributed by atoms with Crippen molar-refractivity contribution in [1.82, 2.24) is 0 Å². The van der Waals surface area contributed by atoms with E-state index in [0.29, 0.717) is 0 Å². The number of alkyl halides is 4. The van der Waals surface area contributed by atoms with Gasteiger partial charge in [0.15, 0.2) is 17.0 Å². The monoisotopic (exact) mass is 212 g/mol. The molecule has 1 unspecified atom stereocenters. The van der Waals surface area contributed by atoms with Crippen LogP contribution in [-0.4, -0.2) is 17.5 Å². The van der Waals surface area contributed by atoms with Crippen molar-refractivity contribution in [1.29, 1.82) is 0 Å². The zero-order valence-corrected chi connectivity index (χ0v) is 7.15. The molecule has 0 amide bonds. The highest BCUT2D eigenvalue weighted by Crippen LogP contribution is 2.41. The largest absolute Gasteiger partial charge is 0.435 e. The zero-order chi connectivity index (χ0) is 10.3. The van der Waals surface area contributed by atoms with E-state index in [2.05, 4.69) is 10.2 Å². The molecule has 0 saturated heterocycles. The molecule has 13 heavy (non-hydrogen) atoms. The van der Waals surface area contributed by atoms with Crippen LogP contribution in [0.2, 0.25) is 0 Å². The lowest BCUT2D eigenvalue weighted by Gasteiger charge is -2.10. The average molecular weight is 213 g/mol. The molecule has 1 aliphatic heterocycles. The first-order chi connectivity index (χ1) is 5.79. The molecule has 7 heteroatoms. The van der Waals surface area contributed by atoms with E-state index in [0.717, 1.165) is 0 Å².